The second kappa shape index (κ2) is 7.57. The lowest BCUT2D eigenvalue weighted by Gasteiger charge is -2.16. The van der Waals surface area contributed by atoms with Crippen molar-refractivity contribution in [3.8, 4) is 17.0 Å². The van der Waals surface area contributed by atoms with E-state index < -0.39 is 0 Å². The van der Waals surface area contributed by atoms with Gasteiger partial charge in [0.25, 0.3) is 0 Å². The fraction of sp³-hybridized carbons (Fsp3) is 0.471. The second-order valence-corrected chi connectivity index (χ2v) is 6.09. The van der Waals surface area contributed by atoms with Gasteiger partial charge in [-0.25, -0.2) is 4.98 Å². The summed E-state index contributed by atoms with van der Waals surface area (Å²) in [5.41, 5.74) is 3.50. The van der Waals surface area contributed by atoms with Crippen molar-refractivity contribution in [3.63, 3.8) is 0 Å². The molecule has 114 valence electrons. The van der Waals surface area contributed by atoms with Crippen molar-refractivity contribution in [2.75, 3.05) is 13.7 Å². The molecule has 4 heteroatoms. The molecule has 0 aliphatic heterocycles. The first-order valence-electron chi connectivity index (χ1n) is 7.55. The van der Waals surface area contributed by atoms with Gasteiger partial charge >= 0.3 is 0 Å². The van der Waals surface area contributed by atoms with Gasteiger partial charge in [-0.2, -0.15) is 0 Å². The Morgan fingerprint density at radius 1 is 1.33 bits per heavy atom. The van der Waals surface area contributed by atoms with Crippen LogP contribution in [0, 0.1) is 0 Å². The van der Waals surface area contributed by atoms with Gasteiger partial charge in [0.05, 0.1) is 12.3 Å². The second-order valence-electron chi connectivity index (χ2n) is 5.15. The molecule has 2 rings (SSSR count). The molecular weight excluding hydrogens is 280 g/mol. The van der Waals surface area contributed by atoms with Gasteiger partial charge in [-0.15, -0.1) is 11.3 Å². The van der Waals surface area contributed by atoms with E-state index in [1.165, 1.54) is 11.1 Å². The van der Waals surface area contributed by atoms with Gasteiger partial charge in [0.2, 0.25) is 0 Å². The van der Waals surface area contributed by atoms with Crippen LogP contribution < -0.4 is 10.1 Å². The van der Waals surface area contributed by atoms with E-state index in [0.29, 0.717) is 12.5 Å². The Labute approximate surface area is 131 Å². The highest BCUT2D eigenvalue weighted by Gasteiger charge is 2.13. The average Bonchev–Trinajstić information content (AvgIpc) is 2.96. The number of hydrogen-bond donors (Lipinski definition) is 1. The number of benzene rings is 1. The van der Waals surface area contributed by atoms with E-state index in [2.05, 4.69) is 47.7 Å². The molecule has 1 unspecified atom stereocenters. The molecule has 0 saturated carbocycles. The predicted octanol–water partition coefficient (Wildman–Crippen LogP) is 4.44. The molecule has 1 aromatic carbocycles. The number of hydrogen-bond acceptors (Lipinski definition) is 4. The molecule has 3 nitrogen and oxygen atoms in total. The van der Waals surface area contributed by atoms with Crippen molar-refractivity contribution >= 4 is 11.3 Å². The fourth-order valence-corrected chi connectivity index (χ4v) is 3.09. The van der Waals surface area contributed by atoms with Crippen molar-refractivity contribution in [3.05, 3.63) is 34.2 Å². The van der Waals surface area contributed by atoms with Crippen molar-refractivity contribution in [1.82, 2.24) is 10.3 Å². The highest BCUT2D eigenvalue weighted by molar-refractivity contribution is 7.09. The molecule has 1 aromatic heterocycles. The molecule has 2 aromatic rings. The maximum absolute atomic E-state index is 5.77. The summed E-state index contributed by atoms with van der Waals surface area (Å²) in [6, 6.07) is 6.42. The van der Waals surface area contributed by atoms with Gasteiger partial charge in [0.15, 0.2) is 0 Å². The van der Waals surface area contributed by atoms with Gasteiger partial charge in [0.1, 0.15) is 10.8 Å². The normalized spacial score (nSPS) is 12.4. The molecule has 0 aliphatic carbocycles. The zero-order valence-electron chi connectivity index (χ0n) is 13.3. The van der Waals surface area contributed by atoms with E-state index in [0.717, 1.165) is 29.4 Å². The molecule has 1 N–H and O–H groups in total. The zero-order valence-corrected chi connectivity index (χ0v) is 14.1. The van der Waals surface area contributed by atoms with Crippen LogP contribution in [-0.4, -0.2) is 18.6 Å². The van der Waals surface area contributed by atoms with Gasteiger partial charge in [0, 0.05) is 17.5 Å². The van der Waals surface area contributed by atoms with Crippen LogP contribution in [0.25, 0.3) is 11.3 Å². The van der Waals surface area contributed by atoms with Crippen LogP contribution in [0.15, 0.2) is 23.6 Å². The van der Waals surface area contributed by atoms with E-state index in [1.807, 2.05) is 14.0 Å². The minimum atomic E-state index is 0.488. The van der Waals surface area contributed by atoms with Crippen LogP contribution in [0.1, 0.15) is 43.7 Å². The standard InChI is InChI=1S/C17H24N2OS/c1-5-12(3)14-9-13(7-8-16(14)20-6-2)15-11-21-17(19-15)10-18-4/h7-9,11-12,18H,5-6,10H2,1-4H3. The topological polar surface area (TPSA) is 34.1 Å². The Morgan fingerprint density at radius 2 is 2.14 bits per heavy atom. The first-order chi connectivity index (χ1) is 10.2. The molecule has 0 aliphatic rings. The maximum atomic E-state index is 5.77. The van der Waals surface area contributed by atoms with E-state index >= 15 is 0 Å². The molecular formula is C17H24N2OS. The first-order valence-corrected chi connectivity index (χ1v) is 8.43. The van der Waals surface area contributed by atoms with Crippen molar-refractivity contribution in [2.45, 2.75) is 39.7 Å². The molecule has 21 heavy (non-hydrogen) atoms. The fourth-order valence-electron chi connectivity index (χ4n) is 2.28. The minimum absolute atomic E-state index is 0.488. The smallest absolute Gasteiger partial charge is 0.122 e. The zero-order chi connectivity index (χ0) is 15.2. The Kier molecular flexibility index (Phi) is 5.76. The number of rotatable bonds is 7. The summed E-state index contributed by atoms with van der Waals surface area (Å²) in [5.74, 6) is 1.49. The number of aromatic nitrogens is 1. The highest BCUT2D eigenvalue weighted by Crippen LogP contribution is 2.33. The Morgan fingerprint density at radius 3 is 2.81 bits per heavy atom. The third kappa shape index (κ3) is 3.83. The van der Waals surface area contributed by atoms with Crippen LogP contribution in [0.4, 0.5) is 0 Å². The Balaban J connectivity index is 2.35. The lowest BCUT2D eigenvalue weighted by atomic mass is 9.95. The van der Waals surface area contributed by atoms with Gasteiger partial charge in [-0.3, -0.25) is 0 Å². The third-order valence-corrected chi connectivity index (χ3v) is 4.48. The summed E-state index contributed by atoms with van der Waals surface area (Å²) in [7, 11) is 1.94. The largest absolute Gasteiger partial charge is 0.494 e. The van der Waals surface area contributed by atoms with Gasteiger partial charge < -0.3 is 10.1 Å². The number of nitrogens with zero attached hydrogens (tertiary/aromatic N) is 1. The van der Waals surface area contributed by atoms with Crippen molar-refractivity contribution < 1.29 is 4.74 Å². The summed E-state index contributed by atoms with van der Waals surface area (Å²) in [5, 5.41) is 6.39. The monoisotopic (exact) mass is 304 g/mol. The molecule has 0 amide bonds. The molecule has 1 heterocycles. The summed E-state index contributed by atoms with van der Waals surface area (Å²) in [6.45, 7) is 8.00. The van der Waals surface area contributed by atoms with Gasteiger partial charge in [-0.1, -0.05) is 13.8 Å². The maximum Gasteiger partial charge on any atom is 0.122 e. The third-order valence-electron chi connectivity index (χ3n) is 3.63. The van der Waals surface area contributed by atoms with E-state index in [-0.39, 0.29) is 0 Å². The van der Waals surface area contributed by atoms with Crippen LogP contribution in [0.5, 0.6) is 5.75 Å². The predicted molar refractivity (Wildman–Crippen MR) is 90.2 cm³/mol. The lowest BCUT2D eigenvalue weighted by molar-refractivity contribution is 0.334. The number of nitrogens with one attached hydrogen (secondary N) is 1. The minimum Gasteiger partial charge on any atom is -0.494 e. The number of ether oxygens (including phenoxy) is 1. The van der Waals surface area contributed by atoms with Crippen molar-refractivity contribution in [2.24, 2.45) is 0 Å². The van der Waals surface area contributed by atoms with Crippen molar-refractivity contribution in [1.29, 1.82) is 0 Å². The van der Waals surface area contributed by atoms with E-state index in [9.17, 15) is 0 Å². The van der Waals surface area contributed by atoms with E-state index in [4.69, 9.17) is 4.74 Å². The summed E-state index contributed by atoms with van der Waals surface area (Å²) < 4.78 is 5.77. The quantitative estimate of drug-likeness (QED) is 0.821. The first kappa shape index (κ1) is 16.0. The average molecular weight is 304 g/mol. The molecule has 0 fully saturated rings. The molecule has 0 spiro atoms. The molecule has 1 atom stereocenters. The van der Waals surface area contributed by atoms with Crippen LogP contribution in [-0.2, 0) is 6.54 Å². The summed E-state index contributed by atoms with van der Waals surface area (Å²) in [4.78, 5) is 4.69. The molecule has 0 bridgehead atoms. The molecule has 0 saturated heterocycles. The molecule has 0 radical (unpaired) electrons. The Bertz CT molecular complexity index is 580. The highest BCUT2D eigenvalue weighted by atomic mass is 32.1. The summed E-state index contributed by atoms with van der Waals surface area (Å²) in [6.07, 6.45) is 1.10. The van der Waals surface area contributed by atoms with Crippen LogP contribution in [0.3, 0.4) is 0 Å². The van der Waals surface area contributed by atoms with Gasteiger partial charge in [-0.05, 0) is 50.1 Å². The van der Waals surface area contributed by atoms with Crippen LogP contribution >= 0.6 is 11.3 Å². The lowest BCUT2D eigenvalue weighted by Crippen LogP contribution is -2.04. The SMILES string of the molecule is CCOc1ccc(-c2csc(CNC)n2)cc1C(C)CC. The number of thiazole rings is 1. The van der Waals surface area contributed by atoms with Crippen LogP contribution in [0.2, 0.25) is 0 Å². The Hall–Kier alpha value is -1.39. The van der Waals surface area contributed by atoms with E-state index in [1.54, 1.807) is 11.3 Å². The summed E-state index contributed by atoms with van der Waals surface area (Å²) >= 11 is 1.70.